The van der Waals surface area contributed by atoms with Gasteiger partial charge in [0, 0.05) is 5.38 Å². The number of nitrogens with zero attached hydrogens (tertiary/aromatic N) is 1. The topological polar surface area (TPSA) is 62.2 Å². The summed E-state index contributed by atoms with van der Waals surface area (Å²) < 4.78 is 0. The minimum atomic E-state index is -0.944. The van der Waals surface area contributed by atoms with Crippen LogP contribution in [0.25, 0.3) is 0 Å². The number of thiophene rings is 1. The predicted octanol–water partition coefficient (Wildman–Crippen LogP) is 2.65. The van der Waals surface area contributed by atoms with Crippen molar-refractivity contribution in [3.05, 3.63) is 27.9 Å². The Balaban J connectivity index is 2.14. The van der Waals surface area contributed by atoms with Crippen LogP contribution in [0.4, 0.5) is 10.8 Å². The molecule has 0 aliphatic carbocycles. The maximum absolute atomic E-state index is 10.6. The van der Waals surface area contributed by atoms with Crippen LogP contribution in [0.15, 0.2) is 23.0 Å². The number of nitrogens with one attached hydrogen (secondary N) is 1. The summed E-state index contributed by atoms with van der Waals surface area (Å²) >= 11 is 2.69. The van der Waals surface area contributed by atoms with E-state index in [4.69, 9.17) is 5.11 Å². The third-order valence-corrected chi connectivity index (χ3v) is 3.07. The Morgan fingerprint density at radius 3 is 3.00 bits per heavy atom. The quantitative estimate of drug-likeness (QED) is 0.844. The van der Waals surface area contributed by atoms with Gasteiger partial charge in [-0.1, -0.05) is 11.3 Å². The minimum absolute atomic E-state index is 0.239. The van der Waals surface area contributed by atoms with Crippen LogP contribution in [0.1, 0.15) is 9.67 Å². The summed E-state index contributed by atoms with van der Waals surface area (Å²) in [6.07, 6.45) is 1.35. The number of anilines is 2. The Labute approximate surface area is 87.9 Å². The summed E-state index contributed by atoms with van der Waals surface area (Å²) in [7, 11) is 0. The van der Waals surface area contributed by atoms with E-state index >= 15 is 0 Å². The first kappa shape index (κ1) is 9.17. The molecule has 2 aromatic heterocycles. The molecule has 2 aromatic rings. The highest BCUT2D eigenvalue weighted by Gasteiger charge is 2.08. The molecule has 0 aromatic carbocycles. The monoisotopic (exact) mass is 226 g/mol. The minimum Gasteiger partial charge on any atom is -0.477 e. The highest BCUT2D eigenvalue weighted by atomic mass is 32.1. The van der Waals surface area contributed by atoms with Crippen LogP contribution in [0.2, 0.25) is 0 Å². The Hall–Kier alpha value is -1.40. The van der Waals surface area contributed by atoms with Crippen LogP contribution in [0.3, 0.4) is 0 Å². The summed E-state index contributed by atoms with van der Waals surface area (Å²) in [6.45, 7) is 0. The average molecular weight is 226 g/mol. The van der Waals surface area contributed by atoms with Gasteiger partial charge in [-0.05, 0) is 11.4 Å². The molecule has 72 valence electrons. The maximum Gasteiger partial charge on any atom is 0.347 e. The molecule has 0 aliphatic heterocycles. The average Bonchev–Trinajstić information content (AvgIpc) is 2.75. The molecule has 0 amide bonds. The lowest BCUT2D eigenvalue weighted by Gasteiger charge is -1.95. The van der Waals surface area contributed by atoms with Gasteiger partial charge in [0.15, 0.2) is 5.13 Å². The van der Waals surface area contributed by atoms with E-state index in [-0.39, 0.29) is 4.88 Å². The van der Waals surface area contributed by atoms with Gasteiger partial charge in [-0.25, -0.2) is 9.78 Å². The lowest BCUT2D eigenvalue weighted by Crippen LogP contribution is -1.89. The zero-order valence-corrected chi connectivity index (χ0v) is 8.56. The fourth-order valence-corrected chi connectivity index (χ4v) is 2.15. The Kier molecular flexibility index (Phi) is 2.47. The largest absolute Gasteiger partial charge is 0.477 e. The maximum atomic E-state index is 10.6. The van der Waals surface area contributed by atoms with Gasteiger partial charge in [0.25, 0.3) is 0 Å². The van der Waals surface area contributed by atoms with Crippen molar-refractivity contribution in [2.75, 3.05) is 5.32 Å². The van der Waals surface area contributed by atoms with Crippen molar-refractivity contribution < 1.29 is 9.90 Å². The van der Waals surface area contributed by atoms with Crippen LogP contribution >= 0.6 is 22.7 Å². The summed E-state index contributed by atoms with van der Waals surface area (Å²) in [5, 5.41) is 16.2. The highest BCUT2D eigenvalue weighted by molar-refractivity contribution is 7.17. The Morgan fingerprint density at radius 1 is 1.57 bits per heavy atom. The molecule has 0 spiro atoms. The van der Waals surface area contributed by atoms with E-state index in [0.717, 1.165) is 17.0 Å². The second-order valence-corrected chi connectivity index (χ2v) is 4.28. The zero-order valence-electron chi connectivity index (χ0n) is 6.93. The first-order valence-electron chi connectivity index (χ1n) is 3.74. The van der Waals surface area contributed by atoms with E-state index in [2.05, 4.69) is 10.3 Å². The van der Waals surface area contributed by atoms with Gasteiger partial charge < -0.3 is 10.4 Å². The van der Waals surface area contributed by atoms with E-state index in [0.29, 0.717) is 5.13 Å². The molecule has 0 unspecified atom stereocenters. The number of aromatic nitrogens is 1. The number of rotatable bonds is 3. The van der Waals surface area contributed by atoms with E-state index in [1.807, 2.05) is 16.8 Å². The molecule has 0 atom stereocenters. The second-order valence-electron chi connectivity index (χ2n) is 2.47. The van der Waals surface area contributed by atoms with Crippen molar-refractivity contribution in [2.45, 2.75) is 0 Å². The molecule has 2 N–H and O–H groups in total. The number of hydrogen-bond acceptors (Lipinski definition) is 5. The molecule has 14 heavy (non-hydrogen) atoms. The first-order valence-corrected chi connectivity index (χ1v) is 5.50. The third-order valence-electron chi connectivity index (χ3n) is 1.49. The van der Waals surface area contributed by atoms with Gasteiger partial charge in [-0.2, -0.15) is 11.3 Å². The molecule has 0 radical (unpaired) electrons. The van der Waals surface area contributed by atoms with Crippen molar-refractivity contribution in [3.8, 4) is 0 Å². The molecule has 0 fully saturated rings. The van der Waals surface area contributed by atoms with Gasteiger partial charge in [0.1, 0.15) is 4.88 Å². The molecule has 4 nitrogen and oxygen atoms in total. The molecule has 2 rings (SSSR count). The summed E-state index contributed by atoms with van der Waals surface area (Å²) in [6, 6.07) is 1.91. The smallest absolute Gasteiger partial charge is 0.347 e. The van der Waals surface area contributed by atoms with Gasteiger partial charge >= 0.3 is 5.97 Å². The van der Waals surface area contributed by atoms with Gasteiger partial charge in [-0.3, -0.25) is 0 Å². The molecule has 0 aliphatic rings. The summed E-state index contributed by atoms with van der Waals surface area (Å²) in [5.74, 6) is -0.944. The predicted molar refractivity (Wildman–Crippen MR) is 56.7 cm³/mol. The van der Waals surface area contributed by atoms with Gasteiger partial charge in [0.05, 0.1) is 11.9 Å². The van der Waals surface area contributed by atoms with E-state index in [9.17, 15) is 4.79 Å². The number of carboxylic acids is 1. The van der Waals surface area contributed by atoms with Crippen molar-refractivity contribution in [3.63, 3.8) is 0 Å². The van der Waals surface area contributed by atoms with Crippen molar-refractivity contribution in [1.29, 1.82) is 0 Å². The SMILES string of the molecule is O=C(O)c1cnc(Nc2ccsc2)s1. The van der Waals surface area contributed by atoms with Crippen molar-refractivity contribution in [2.24, 2.45) is 0 Å². The molecule has 0 bridgehead atoms. The fourth-order valence-electron chi connectivity index (χ4n) is 0.890. The van der Waals surface area contributed by atoms with Crippen LogP contribution < -0.4 is 5.32 Å². The molecule has 0 saturated heterocycles. The lowest BCUT2D eigenvalue weighted by molar-refractivity contribution is 0.0702. The molecule has 0 saturated carbocycles. The normalized spacial score (nSPS) is 10.0. The van der Waals surface area contributed by atoms with E-state index < -0.39 is 5.97 Å². The van der Waals surface area contributed by atoms with Gasteiger partial charge in [-0.15, -0.1) is 0 Å². The molecule has 2 heterocycles. The van der Waals surface area contributed by atoms with Crippen molar-refractivity contribution in [1.82, 2.24) is 4.98 Å². The fraction of sp³-hybridized carbons (Fsp3) is 0. The highest BCUT2D eigenvalue weighted by Crippen LogP contribution is 2.23. The van der Waals surface area contributed by atoms with E-state index in [1.165, 1.54) is 6.20 Å². The van der Waals surface area contributed by atoms with Crippen molar-refractivity contribution >= 4 is 39.5 Å². The van der Waals surface area contributed by atoms with Crippen LogP contribution in [0.5, 0.6) is 0 Å². The van der Waals surface area contributed by atoms with E-state index in [1.54, 1.807) is 11.3 Å². The molecular formula is C8H6N2O2S2. The van der Waals surface area contributed by atoms with Gasteiger partial charge in [0.2, 0.25) is 0 Å². The van der Waals surface area contributed by atoms with Crippen LogP contribution in [0, 0.1) is 0 Å². The molecule has 6 heteroatoms. The van der Waals surface area contributed by atoms with Crippen LogP contribution in [-0.2, 0) is 0 Å². The number of carbonyl (C=O) groups is 1. The number of carboxylic acid groups (broad SMARTS) is 1. The second kappa shape index (κ2) is 3.77. The van der Waals surface area contributed by atoms with Crippen LogP contribution in [-0.4, -0.2) is 16.1 Å². The number of aromatic carboxylic acids is 1. The first-order chi connectivity index (χ1) is 6.75. The third kappa shape index (κ3) is 1.91. The number of thiazole rings is 1. The zero-order chi connectivity index (χ0) is 9.97. The summed E-state index contributed by atoms with van der Waals surface area (Å²) in [4.78, 5) is 14.7. The molecular weight excluding hydrogens is 220 g/mol. The lowest BCUT2D eigenvalue weighted by atomic mass is 10.5. The standard InChI is InChI=1S/C8H6N2O2S2/c11-7(12)6-3-9-8(14-6)10-5-1-2-13-4-5/h1-4H,(H,9,10)(H,11,12). The summed E-state index contributed by atoms with van der Waals surface area (Å²) in [5.41, 5.74) is 0.932. The number of hydrogen-bond donors (Lipinski definition) is 2. The Morgan fingerprint density at radius 2 is 2.43 bits per heavy atom. The Bertz CT molecular complexity index is 436.